The Labute approximate surface area is 152 Å². The zero-order valence-electron chi connectivity index (χ0n) is 14.9. The van der Waals surface area contributed by atoms with Gasteiger partial charge in [0.1, 0.15) is 0 Å². The van der Waals surface area contributed by atoms with E-state index in [1.54, 1.807) is 22.4 Å². The van der Waals surface area contributed by atoms with Crippen LogP contribution in [0.2, 0.25) is 0 Å². The van der Waals surface area contributed by atoms with Gasteiger partial charge in [-0.15, -0.1) is 11.3 Å². The number of aromatic nitrogens is 2. The predicted octanol–water partition coefficient (Wildman–Crippen LogP) is 4.14. The SMILES string of the molecule is CCc1c(C(=O)N(C)Cc2sccc2C)cnn1Cc1ccccc1. The summed E-state index contributed by atoms with van der Waals surface area (Å²) in [5.74, 6) is 0.0314. The van der Waals surface area contributed by atoms with Crippen LogP contribution in [-0.2, 0) is 19.5 Å². The van der Waals surface area contributed by atoms with Gasteiger partial charge in [-0.25, -0.2) is 0 Å². The van der Waals surface area contributed by atoms with Gasteiger partial charge in [0.2, 0.25) is 0 Å². The molecule has 0 saturated carbocycles. The van der Waals surface area contributed by atoms with Crippen molar-refractivity contribution in [3.63, 3.8) is 0 Å². The van der Waals surface area contributed by atoms with E-state index in [0.717, 1.165) is 12.1 Å². The van der Waals surface area contributed by atoms with Gasteiger partial charge in [-0.05, 0) is 35.9 Å². The normalized spacial score (nSPS) is 10.8. The van der Waals surface area contributed by atoms with Crippen LogP contribution in [0.3, 0.4) is 0 Å². The van der Waals surface area contributed by atoms with Crippen molar-refractivity contribution in [2.24, 2.45) is 0 Å². The highest BCUT2D eigenvalue weighted by molar-refractivity contribution is 7.10. The Morgan fingerprint density at radius 1 is 1.24 bits per heavy atom. The fraction of sp³-hybridized carbons (Fsp3) is 0.300. The monoisotopic (exact) mass is 353 g/mol. The zero-order valence-corrected chi connectivity index (χ0v) is 15.7. The number of amides is 1. The second-order valence-electron chi connectivity index (χ2n) is 6.19. The molecule has 0 atom stereocenters. The summed E-state index contributed by atoms with van der Waals surface area (Å²) in [4.78, 5) is 15.9. The zero-order chi connectivity index (χ0) is 17.8. The van der Waals surface area contributed by atoms with E-state index < -0.39 is 0 Å². The molecule has 3 aromatic rings. The van der Waals surface area contributed by atoms with Crippen LogP contribution in [0.1, 0.15) is 39.0 Å². The maximum atomic E-state index is 12.9. The van der Waals surface area contributed by atoms with Crippen molar-refractivity contribution in [3.05, 3.63) is 75.2 Å². The molecule has 0 radical (unpaired) electrons. The molecule has 0 unspecified atom stereocenters. The first kappa shape index (κ1) is 17.4. The number of hydrogen-bond acceptors (Lipinski definition) is 3. The van der Waals surface area contributed by atoms with Crippen LogP contribution < -0.4 is 0 Å². The highest BCUT2D eigenvalue weighted by atomic mass is 32.1. The van der Waals surface area contributed by atoms with Crippen LogP contribution in [0.4, 0.5) is 0 Å². The summed E-state index contributed by atoms with van der Waals surface area (Å²) >= 11 is 1.69. The van der Waals surface area contributed by atoms with Crippen LogP contribution in [0.5, 0.6) is 0 Å². The number of rotatable bonds is 6. The summed E-state index contributed by atoms with van der Waals surface area (Å²) < 4.78 is 1.94. The van der Waals surface area contributed by atoms with Crippen molar-refractivity contribution in [1.29, 1.82) is 0 Å². The molecule has 0 N–H and O–H groups in total. The number of thiophene rings is 1. The maximum Gasteiger partial charge on any atom is 0.257 e. The van der Waals surface area contributed by atoms with Crippen LogP contribution in [0.25, 0.3) is 0 Å². The summed E-state index contributed by atoms with van der Waals surface area (Å²) in [6, 6.07) is 12.3. The van der Waals surface area contributed by atoms with Gasteiger partial charge < -0.3 is 4.90 Å². The molecule has 1 amide bonds. The van der Waals surface area contributed by atoms with Crippen molar-refractivity contribution in [2.45, 2.75) is 33.4 Å². The molecule has 2 aromatic heterocycles. The number of carbonyl (C=O) groups excluding carboxylic acids is 1. The van der Waals surface area contributed by atoms with E-state index in [0.29, 0.717) is 18.7 Å². The summed E-state index contributed by atoms with van der Waals surface area (Å²) in [6.45, 7) is 5.47. The van der Waals surface area contributed by atoms with Gasteiger partial charge in [0, 0.05) is 11.9 Å². The lowest BCUT2D eigenvalue weighted by molar-refractivity contribution is 0.0785. The maximum absolute atomic E-state index is 12.9. The Hall–Kier alpha value is -2.40. The second-order valence-corrected chi connectivity index (χ2v) is 7.19. The van der Waals surface area contributed by atoms with Gasteiger partial charge in [0.05, 0.1) is 30.5 Å². The third kappa shape index (κ3) is 3.82. The molecule has 0 fully saturated rings. The molecule has 0 spiro atoms. The van der Waals surface area contributed by atoms with E-state index in [-0.39, 0.29) is 5.91 Å². The third-order valence-electron chi connectivity index (χ3n) is 4.38. The minimum Gasteiger partial charge on any atom is -0.336 e. The van der Waals surface area contributed by atoms with Gasteiger partial charge >= 0.3 is 0 Å². The van der Waals surface area contributed by atoms with Crippen molar-refractivity contribution < 1.29 is 4.79 Å². The molecule has 3 rings (SSSR count). The lowest BCUT2D eigenvalue weighted by Crippen LogP contribution is -2.27. The molecule has 2 heterocycles. The third-order valence-corrected chi connectivity index (χ3v) is 5.39. The molecular weight excluding hydrogens is 330 g/mol. The Morgan fingerprint density at radius 2 is 2.00 bits per heavy atom. The van der Waals surface area contributed by atoms with Crippen molar-refractivity contribution in [1.82, 2.24) is 14.7 Å². The van der Waals surface area contributed by atoms with Gasteiger partial charge in [-0.3, -0.25) is 9.48 Å². The van der Waals surface area contributed by atoms with Gasteiger partial charge in [-0.2, -0.15) is 5.10 Å². The Bertz CT molecular complexity index is 851. The first-order valence-electron chi connectivity index (χ1n) is 8.47. The van der Waals surface area contributed by atoms with E-state index in [9.17, 15) is 4.79 Å². The highest BCUT2D eigenvalue weighted by Crippen LogP contribution is 2.20. The summed E-state index contributed by atoms with van der Waals surface area (Å²) in [5, 5.41) is 6.54. The van der Waals surface area contributed by atoms with Crippen LogP contribution in [0.15, 0.2) is 48.0 Å². The Balaban J connectivity index is 1.79. The number of hydrogen-bond donors (Lipinski definition) is 0. The van der Waals surface area contributed by atoms with Crippen molar-refractivity contribution in [2.75, 3.05) is 7.05 Å². The topological polar surface area (TPSA) is 38.1 Å². The summed E-state index contributed by atoms with van der Waals surface area (Å²) in [6.07, 6.45) is 2.49. The largest absolute Gasteiger partial charge is 0.336 e. The van der Waals surface area contributed by atoms with Gasteiger partial charge in [0.15, 0.2) is 0 Å². The summed E-state index contributed by atoms with van der Waals surface area (Å²) in [5.41, 5.74) is 4.11. The van der Waals surface area contributed by atoms with Crippen LogP contribution in [0, 0.1) is 6.92 Å². The molecule has 130 valence electrons. The average molecular weight is 353 g/mol. The molecule has 0 saturated heterocycles. The molecule has 5 heteroatoms. The smallest absolute Gasteiger partial charge is 0.257 e. The second kappa shape index (κ2) is 7.66. The van der Waals surface area contributed by atoms with E-state index in [2.05, 4.69) is 42.5 Å². The number of carbonyl (C=O) groups is 1. The minimum absolute atomic E-state index is 0.0314. The quantitative estimate of drug-likeness (QED) is 0.668. The van der Waals surface area contributed by atoms with Crippen molar-refractivity contribution >= 4 is 17.2 Å². The Morgan fingerprint density at radius 3 is 2.64 bits per heavy atom. The van der Waals surface area contributed by atoms with Gasteiger partial charge in [-0.1, -0.05) is 37.3 Å². The van der Waals surface area contributed by atoms with Crippen molar-refractivity contribution in [3.8, 4) is 0 Å². The van der Waals surface area contributed by atoms with E-state index in [1.807, 2.05) is 29.9 Å². The van der Waals surface area contributed by atoms with E-state index >= 15 is 0 Å². The molecule has 0 aliphatic rings. The molecular formula is C20H23N3OS. The lowest BCUT2D eigenvalue weighted by Gasteiger charge is -2.17. The van der Waals surface area contributed by atoms with Crippen LogP contribution >= 0.6 is 11.3 Å². The van der Waals surface area contributed by atoms with E-state index in [4.69, 9.17) is 0 Å². The molecule has 1 aromatic carbocycles. The first-order valence-corrected chi connectivity index (χ1v) is 9.35. The summed E-state index contributed by atoms with van der Waals surface area (Å²) in [7, 11) is 1.86. The van der Waals surface area contributed by atoms with E-state index in [1.165, 1.54) is 16.0 Å². The molecule has 4 nitrogen and oxygen atoms in total. The fourth-order valence-corrected chi connectivity index (χ4v) is 3.87. The predicted molar refractivity (Wildman–Crippen MR) is 102 cm³/mol. The molecule has 25 heavy (non-hydrogen) atoms. The van der Waals surface area contributed by atoms with Crippen LogP contribution in [-0.4, -0.2) is 27.6 Å². The number of nitrogens with zero attached hydrogens (tertiary/aromatic N) is 3. The molecule has 0 aliphatic heterocycles. The van der Waals surface area contributed by atoms with Gasteiger partial charge in [0.25, 0.3) is 5.91 Å². The minimum atomic E-state index is 0.0314. The standard InChI is InChI=1S/C20H23N3OS/c1-4-18-17(12-21-23(18)13-16-8-6-5-7-9-16)20(24)22(3)14-19-15(2)10-11-25-19/h5-12H,4,13-14H2,1-3H3. The molecule has 0 bridgehead atoms. The average Bonchev–Trinajstić information content (AvgIpc) is 3.21. The number of benzene rings is 1. The highest BCUT2D eigenvalue weighted by Gasteiger charge is 2.20. The fourth-order valence-electron chi connectivity index (χ4n) is 2.91. The lowest BCUT2D eigenvalue weighted by atomic mass is 10.1. The molecule has 0 aliphatic carbocycles. The number of aryl methyl sites for hydroxylation is 1. The Kier molecular flexibility index (Phi) is 5.34. The first-order chi connectivity index (χ1) is 12.1.